The molecular weight excluding hydrogens is 314 g/mol. The standard InChI is InChI=1S/C18H14ClNO3/c1-23-15-9-10-8-11(19)6-7-12(10)16(15)20-17(21)13-4-2-3-5-14(13)18(20)22/h2-8,15-16H,9H2,1H3/t15-,16+/m0/s1. The number of carbonyl (C=O) groups excluding carboxylic acids is 2. The highest BCUT2D eigenvalue weighted by atomic mass is 35.5. The Morgan fingerprint density at radius 3 is 2.35 bits per heavy atom. The lowest BCUT2D eigenvalue weighted by atomic mass is 10.1. The van der Waals surface area contributed by atoms with Crippen LogP contribution in [0.15, 0.2) is 42.5 Å². The second-order valence-corrected chi connectivity index (χ2v) is 6.23. The van der Waals surface area contributed by atoms with Crippen molar-refractivity contribution in [1.29, 1.82) is 0 Å². The first-order valence-corrected chi connectivity index (χ1v) is 7.77. The molecule has 2 aliphatic rings. The quantitative estimate of drug-likeness (QED) is 0.795. The van der Waals surface area contributed by atoms with Gasteiger partial charge in [-0.15, -0.1) is 0 Å². The summed E-state index contributed by atoms with van der Waals surface area (Å²) in [6.45, 7) is 0. The Kier molecular flexibility index (Phi) is 3.25. The van der Waals surface area contributed by atoms with Gasteiger partial charge in [-0.25, -0.2) is 0 Å². The first kappa shape index (κ1) is 14.4. The van der Waals surface area contributed by atoms with Crippen molar-refractivity contribution in [2.75, 3.05) is 7.11 Å². The molecule has 0 bridgehead atoms. The Bertz CT molecular complexity index is 798. The number of fused-ring (bicyclic) bond motifs is 2. The van der Waals surface area contributed by atoms with E-state index in [-0.39, 0.29) is 17.9 Å². The Labute approximate surface area is 138 Å². The zero-order valence-corrected chi connectivity index (χ0v) is 13.2. The van der Waals surface area contributed by atoms with Gasteiger partial charge in [0.25, 0.3) is 11.8 Å². The van der Waals surface area contributed by atoms with Crippen molar-refractivity contribution in [3.05, 3.63) is 69.7 Å². The Morgan fingerprint density at radius 1 is 1.09 bits per heavy atom. The maximum Gasteiger partial charge on any atom is 0.262 e. The number of benzene rings is 2. The van der Waals surface area contributed by atoms with Crippen molar-refractivity contribution >= 4 is 23.4 Å². The fourth-order valence-corrected chi connectivity index (χ4v) is 3.74. The highest BCUT2D eigenvalue weighted by Gasteiger charge is 2.46. The van der Waals surface area contributed by atoms with E-state index in [2.05, 4.69) is 0 Å². The van der Waals surface area contributed by atoms with E-state index in [1.54, 1.807) is 37.4 Å². The molecule has 4 rings (SSSR count). The molecule has 2 atom stereocenters. The molecule has 1 heterocycles. The van der Waals surface area contributed by atoms with E-state index in [0.29, 0.717) is 22.6 Å². The van der Waals surface area contributed by atoms with Crippen LogP contribution in [0.25, 0.3) is 0 Å². The van der Waals surface area contributed by atoms with E-state index >= 15 is 0 Å². The van der Waals surface area contributed by atoms with Crippen LogP contribution in [0.4, 0.5) is 0 Å². The Balaban J connectivity index is 1.82. The van der Waals surface area contributed by atoms with Crippen molar-refractivity contribution in [2.24, 2.45) is 0 Å². The molecule has 0 spiro atoms. The second kappa shape index (κ2) is 5.18. The fourth-order valence-electron chi connectivity index (χ4n) is 3.55. The van der Waals surface area contributed by atoms with Crippen molar-refractivity contribution in [3.8, 4) is 0 Å². The molecule has 2 amide bonds. The van der Waals surface area contributed by atoms with Gasteiger partial charge in [0.1, 0.15) is 0 Å². The average molecular weight is 328 g/mol. The summed E-state index contributed by atoms with van der Waals surface area (Å²) in [4.78, 5) is 26.8. The number of nitrogens with zero attached hydrogens (tertiary/aromatic N) is 1. The maximum absolute atomic E-state index is 12.8. The predicted molar refractivity (Wildman–Crippen MR) is 85.6 cm³/mol. The van der Waals surface area contributed by atoms with E-state index < -0.39 is 6.04 Å². The Hall–Kier alpha value is -2.17. The molecule has 0 N–H and O–H groups in total. The first-order valence-electron chi connectivity index (χ1n) is 7.40. The van der Waals surface area contributed by atoms with E-state index in [9.17, 15) is 9.59 Å². The van der Waals surface area contributed by atoms with Gasteiger partial charge in [-0.2, -0.15) is 0 Å². The van der Waals surface area contributed by atoms with Crippen molar-refractivity contribution in [3.63, 3.8) is 0 Å². The van der Waals surface area contributed by atoms with Gasteiger partial charge in [0.2, 0.25) is 0 Å². The largest absolute Gasteiger partial charge is 0.379 e. The first-order chi connectivity index (χ1) is 11.1. The monoisotopic (exact) mass is 327 g/mol. The summed E-state index contributed by atoms with van der Waals surface area (Å²) in [5.74, 6) is -0.527. The summed E-state index contributed by atoms with van der Waals surface area (Å²) in [5.41, 5.74) is 2.85. The van der Waals surface area contributed by atoms with Crippen LogP contribution < -0.4 is 0 Å². The van der Waals surface area contributed by atoms with Crippen molar-refractivity contribution in [1.82, 2.24) is 4.90 Å². The van der Waals surface area contributed by atoms with Gasteiger partial charge in [-0.05, 0) is 35.4 Å². The summed E-state index contributed by atoms with van der Waals surface area (Å²) in [7, 11) is 1.60. The molecule has 2 aromatic rings. The number of rotatable bonds is 2. The molecule has 2 aromatic carbocycles. The van der Waals surface area contributed by atoms with Crippen LogP contribution in [-0.2, 0) is 11.2 Å². The van der Waals surface area contributed by atoms with Gasteiger partial charge in [0, 0.05) is 18.6 Å². The highest BCUT2D eigenvalue weighted by molar-refractivity contribution is 6.30. The molecule has 0 saturated carbocycles. The van der Waals surface area contributed by atoms with Crippen LogP contribution in [0.2, 0.25) is 5.02 Å². The number of hydrogen-bond acceptors (Lipinski definition) is 3. The molecule has 0 fully saturated rings. The normalized spacial score (nSPS) is 22.4. The van der Waals surface area contributed by atoms with E-state index in [4.69, 9.17) is 16.3 Å². The van der Waals surface area contributed by atoms with Crippen LogP contribution in [0.5, 0.6) is 0 Å². The number of ether oxygens (including phenoxy) is 1. The molecule has 1 aliphatic carbocycles. The lowest BCUT2D eigenvalue weighted by Gasteiger charge is -2.27. The minimum Gasteiger partial charge on any atom is -0.379 e. The zero-order chi connectivity index (χ0) is 16.1. The number of amides is 2. The minimum absolute atomic E-state index is 0.259. The summed E-state index contributed by atoms with van der Waals surface area (Å²) < 4.78 is 5.56. The second-order valence-electron chi connectivity index (χ2n) is 5.79. The summed E-state index contributed by atoms with van der Waals surface area (Å²) >= 11 is 6.06. The van der Waals surface area contributed by atoms with Gasteiger partial charge in [-0.1, -0.05) is 29.8 Å². The lowest BCUT2D eigenvalue weighted by molar-refractivity contribution is 0.0228. The molecule has 0 unspecified atom stereocenters. The van der Waals surface area contributed by atoms with Gasteiger partial charge >= 0.3 is 0 Å². The molecule has 0 aromatic heterocycles. The minimum atomic E-state index is -0.417. The van der Waals surface area contributed by atoms with Crippen molar-refractivity contribution in [2.45, 2.75) is 18.6 Å². The molecular formula is C18H14ClNO3. The number of methoxy groups -OCH3 is 1. The fraction of sp³-hybridized carbons (Fsp3) is 0.222. The Morgan fingerprint density at radius 2 is 1.74 bits per heavy atom. The number of imide groups is 1. The molecule has 1 aliphatic heterocycles. The molecule has 0 saturated heterocycles. The van der Waals surface area contributed by atoms with Crippen LogP contribution in [-0.4, -0.2) is 29.9 Å². The number of halogens is 1. The summed E-state index contributed by atoms with van der Waals surface area (Å²) in [6.07, 6.45) is 0.371. The van der Waals surface area contributed by atoms with Gasteiger partial charge in [0.15, 0.2) is 0 Å². The SMILES string of the molecule is CO[C@H]1Cc2cc(Cl)ccc2[C@H]1N1C(=O)c2ccccc2C1=O. The third-order valence-corrected chi connectivity index (χ3v) is 4.84. The number of carbonyl (C=O) groups is 2. The third kappa shape index (κ3) is 2.02. The zero-order valence-electron chi connectivity index (χ0n) is 12.5. The predicted octanol–water partition coefficient (Wildman–Crippen LogP) is 3.25. The van der Waals surface area contributed by atoms with Crippen LogP contribution in [0, 0.1) is 0 Å². The summed E-state index contributed by atoms with van der Waals surface area (Å²) in [6, 6.07) is 12.0. The molecule has 116 valence electrons. The smallest absolute Gasteiger partial charge is 0.262 e. The molecule has 4 nitrogen and oxygen atoms in total. The van der Waals surface area contributed by atoms with Crippen LogP contribution >= 0.6 is 11.6 Å². The maximum atomic E-state index is 12.8. The molecule has 23 heavy (non-hydrogen) atoms. The average Bonchev–Trinajstić information content (AvgIpc) is 3.03. The van der Waals surface area contributed by atoms with Crippen LogP contribution in [0.3, 0.4) is 0 Å². The third-order valence-electron chi connectivity index (χ3n) is 4.60. The van der Waals surface area contributed by atoms with E-state index in [1.807, 2.05) is 12.1 Å². The van der Waals surface area contributed by atoms with Crippen molar-refractivity contribution < 1.29 is 14.3 Å². The van der Waals surface area contributed by atoms with Gasteiger partial charge in [0.05, 0.1) is 23.3 Å². The van der Waals surface area contributed by atoms with Gasteiger partial charge in [-0.3, -0.25) is 14.5 Å². The van der Waals surface area contributed by atoms with Gasteiger partial charge < -0.3 is 4.74 Å². The topological polar surface area (TPSA) is 46.6 Å². The highest BCUT2D eigenvalue weighted by Crippen LogP contribution is 2.42. The lowest BCUT2D eigenvalue weighted by Crippen LogP contribution is -2.39. The van der Waals surface area contributed by atoms with E-state index in [1.165, 1.54) is 4.90 Å². The van der Waals surface area contributed by atoms with Crippen LogP contribution in [0.1, 0.15) is 37.9 Å². The van der Waals surface area contributed by atoms with E-state index in [0.717, 1.165) is 11.1 Å². The summed E-state index contributed by atoms with van der Waals surface area (Å²) in [5, 5.41) is 0.640. The molecule has 5 heteroatoms. The number of hydrogen-bond donors (Lipinski definition) is 0. The molecule has 0 radical (unpaired) electrons.